The van der Waals surface area contributed by atoms with Crippen molar-refractivity contribution in [2.75, 3.05) is 0 Å². The summed E-state index contributed by atoms with van der Waals surface area (Å²) in [7, 11) is 0. The highest BCUT2D eigenvalue weighted by Gasteiger charge is 2.37. The predicted molar refractivity (Wildman–Crippen MR) is 59.6 cm³/mol. The van der Waals surface area contributed by atoms with E-state index in [0.29, 0.717) is 12.8 Å². The smallest absolute Gasteiger partial charge is 0.0945 e. The van der Waals surface area contributed by atoms with Gasteiger partial charge in [0.2, 0.25) is 0 Å². The third-order valence-corrected chi connectivity index (χ3v) is 3.03. The van der Waals surface area contributed by atoms with Crippen molar-refractivity contribution in [3.05, 3.63) is 35.9 Å². The maximum absolute atomic E-state index is 10.6. The second-order valence-electron chi connectivity index (χ2n) is 4.56. The first-order valence-corrected chi connectivity index (χ1v) is 5.53. The van der Waals surface area contributed by atoms with Gasteiger partial charge in [0.25, 0.3) is 0 Å². The van der Waals surface area contributed by atoms with Gasteiger partial charge in [-0.2, -0.15) is 0 Å². The van der Waals surface area contributed by atoms with Gasteiger partial charge < -0.3 is 9.84 Å². The molecule has 1 aromatic carbocycles. The maximum atomic E-state index is 10.6. The summed E-state index contributed by atoms with van der Waals surface area (Å²) in [4.78, 5) is 0. The topological polar surface area (TPSA) is 29.5 Å². The van der Waals surface area contributed by atoms with Gasteiger partial charge in [-0.25, -0.2) is 0 Å². The zero-order valence-electron chi connectivity index (χ0n) is 9.31. The summed E-state index contributed by atoms with van der Waals surface area (Å²) in [5.41, 5.74) is 0.297. The molecule has 0 radical (unpaired) electrons. The van der Waals surface area contributed by atoms with Crippen LogP contribution >= 0.6 is 0 Å². The molecule has 0 amide bonds. The quantitative estimate of drug-likeness (QED) is 0.764. The van der Waals surface area contributed by atoms with Crippen LogP contribution < -0.4 is 0 Å². The molecule has 0 saturated carbocycles. The molecule has 0 aliphatic carbocycles. The second kappa shape index (κ2) is 3.95. The lowest BCUT2D eigenvalue weighted by molar-refractivity contribution is -0.135. The van der Waals surface area contributed by atoms with E-state index in [-0.39, 0.29) is 12.2 Å². The Labute approximate surface area is 90.9 Å². The standard InChI is InChI=1S/C13H18O2/c1-10-8-13(14,9-11(2)15-10)12-6-4-3-5-7-12/h3-7,10-11,14H,8-9H2,1-2H3. The highest BCUT2D eigenvalue weighted by molar-refractivity contribution is 5.23. The summed E-state index contributed by atoms with van der Waals surface area (Å²) in [6.07, 6.45) is 1.61. The van der Waals surface area contributed by atoms with E-state index in [0.717, 1.165) is 5.56 Å². The third-order valence-electron chi connectivity index (χ3n) is 3.03. The van der Waals surface area contributed by atoms with E-state index in [9.17, 15) is 5.11 Å². The largest absolute Gasteiger partial charge is 0.385 e. The average Bonchev–Trinajstić information content (AvgIpc) is 2.17. The van der Waals surface area contributed by atoms with Gasteiger partial charge in [0.05, 0.1) is 17.8 Å². The van der Waals surface area contributed by atoms with Gasteiger partial charge in [-0.15, -0.1) is 0 Å². The zero-order chi connectivity index (χ0) is 10.9. The molecule has 1 N–H and O–H groups in total. The van der Waals surface area contributed by atoms with Gasteiger partial charge in [-0.3, -0.25) is 0 Å². The molecule has 15 heavy (non-hydrogen) atoms. The first kappa shape index (κ1) is 10.7. The summed E-state index contributed by atoms with van der Waals surface area (Å²) >= 11 is 0. The monoisotopic (exact) mass is 206 g/mol. The number of hydrogen-bond donors (Lipinski definition) is 1. The minimum atomic E-state index is -0.710. The highest BCUT2D eigenvalue weighted by Crippen LogP contribution is 2.36. The number of benzene rings is 1. The molecule has 0 aromatic heterocycles. The normalized spacial score (nSPS) is 36.5. The lowest BCUT2D eigenvalue weighted by Crippen LogP contribution is -2.41. The Hall–Kier alpha value is -0.860. The molecule has 2 unspecified atom stereocenters. The maximum Gasteiger partial charge on any atom is 0.0945 e. The number of hydrogen-bond acceptors (Lipinski definition) is 2. The van der Waals surface area contributed by atoms with Gasteiger partial charge in [-0.1, -0.05) is 30.3 Å². The van der Waals surface area contributed by atoms with Crippen molar-refractivity contribution in [1.29, 1.82) is 0 Å². The molecule has 2 nitrogen and oxygen atoms in total. The number of rotatable bonds is 1. The minimum Gasteiger partial charge on any atom is -0.385 e. The van der Waals surface area contributed by atoms with Crippen molar-refractivity contribution in [2.45, 2.75) is 44.5 Å². The molecular formula is C13H18O2. The Bertz CT molecular complexity index is 311. The molecule has 1 saturated heterocycles. The van der Waals surface area contributed by atoms with E-state index in [1.165, 1.54) is 0 Å². The van der Waals surface area contributed by atoms with Crippen LogP contribution in [0.5, 0.6) is 0 Å². The van der Waals surface area contributed by atoms with E-state index in [2.05, 4.69) is 0 Å². The van der Waals surface area contributed by atoms with Crippen LogP contribution in [0, 0.1) is 0 Å². The Kier molecular flexibility index (Phi) is 2.81. The van der Waals surface area contributed by atoms with Crippen molar-refractivity contribution >= 4 is 0 Å². The van der Waals surface area contributed by atoms with Gasteiger partial charge in [-0.05, 0) is 19.4 Å². The zero-order valence-corrected chi connectivity index (χ0v) is 9.31. The molecule has 1 fully saturated rings. The van der Waals surface area contributed by atoms with E-state index < -0.39 is 5.60 Å². The Balaban J connectivity index is 2.26. The lowest BCUT2D eigenvalue weighted by atomic mass is 9.82. The summed E-state index contributed by atoms with van der Waals surface area (Å²) in [6.45, 7) is 4.03. The fraction of sp³-hybridized carbons (Fsp3) is 0.538. The molecule has 2 rings (SSSR count). The summed E-state index contributed by atoms with van der Waals surface area (Å²) in [6, 6.07) is 9.89. The molecule has 1 aromatic rings. The van der Waals surface area contributed by atoms with Crippen LogP contribution in [-0.4, -0.2) is 17.3 Å². The first-order valence-electron chi connectivity index (χ1n) is 5.53. The summed E-state index contributed by atoms with van der Waals surface area (Å²) in [5, 5.41) is 10.6. The fourth-order valence-corrected chi connectivity index (χ4v) is 2.51. The molecule has 82 valence electrons. The van der Waals surface area contributed by atoms with Crippen LogP contribution in [0.3, 0.4) is 0 Å². The summed E-state index contributed by atoms with van der Waals surface area (Å²) < 4.78 is 5.64. The fourth-order valence-electron chi connectivity index (χ4n) is 2.51. The molecule has 1 aliphatic rings. The van der Waals surface area contributed by atoms with Gasteiger partial charge in [0, 0.05) is 12.8 Å². The molecule has 1 heterocycles. The van der Waals surface area contributed by atoms with Crippen LogP contribution in [0.1, 0.15) is 32.3 Å². The van der Waals surface area contributed by atoms with Crippen molar-refractivity contribution in [3.63, 3.8) is 0 Å². The van der Waals surface area contributed by atoms with Gasteiger partial charge in [0.15, 0.2) is 0 Å². The SMILES string of the molecule is CC1CC(O)(c2ccccc2)CC(C)O1. The number of aliphatic hydroxyl groups is 1. The van der Waals surface area contributed by atoms with Crippen molar-refractivity contribution in [3.8, 4) is 0 Å². The molecule has 2 atom stereocenters. The van der Waals surface area contributed by atoms with Crippen LogP contribution in [-0.2, 0) is 10.3 Å². The van der Waals surface area contributed by atoms with Crippen LogP contribution in [0.4, 0.5) is 0 Å². The van der Waals surface area contributed by atoms with E-state index in [1.807, 2.05) is 44.2 Å². The summed E-state index contributed by atoms with van der Waals surface area (Å²) in [5.74, 6) is 0. The van der Waals surface area contributed by atoms with E-state index in [1.54, 1.807) is 0 Å². The van der Waals surface area contributed by atoms with Crippen molar-refractivity contribution in [1.82, 2.24) is 0 Å². The highest BCUT2D eigenvalue weighted by atomic mass is 16.5. The van der Waals surface area contributed by atoms with Crippen LogP contribution in [0.2, 0.25) is 0 Å². The van der Waals surface area contributed by atoms with E-state index >= 15 is 0 Å². The lowest BCUT2D eigenvalue weighted by Gasteiger charge is -2.39. The first-order chi connectivity index (χ1) is 7.10. The average molecular weight is 206 g/mol. The number of ether oxygens (including phenoxy) is 1. The van der Waals surface area contributed by atoms with Crippen LogP contribution in [0.15, 0.2) is 30.3 Å². The molecule has 1 aliphatic heterocycles. The Morgan fingerprint density at radius 3 is 2.20 bits per heavy atom. The van der Waals surface area contributed by atoms with Crippen LogP contribution in [0.25, 0.3) is 0 Å². The van der Waals surface area contributed by atoms with Crippen molar-refractivity contribution in [2.24, 2.45) is 0 Å². The third kappa shape index (κ3) is 2.21. The van der Waals surface area contributed by atoms with E-state index in [4.69, 9.17) is 4.74 Å². The second-order valence-corrected chi connectivity index (χ2v) is 4.56. The minimum absolute atomic E-state index is 0.124. The Morgan fingerprint density at radius 2 is 1.67 bits per heavy atom. The Morgan fingerprint density at radius 1 is 1.13 bits per heavy atom. The molecule has 2 heteroatoms. The van der Waals surface area contributed by atoms with Gasteiger partial charge in [0.1, 0.15) is 0 Å². The van der Waals surface area contributed by atoms with Gasteiger partial charge >= 0.3 is 0 Å². The molecule has 0 bridgehead atoms. The predicted octanol–water partition coefficient (Wildman–Crippen LogP) is 2.46. The molecular weight excluding hydrogens is 188 g/mol. The van der Waals surface area contributed by atoms with Crippen molar-refractivity contribution < 1.29 is 9.84 Å². The molecule has 0 spiro atoms.